The summed E-state index contributed by atoms with van der Waals surface area (Å²) in [4.78, 5) is 11.5. The first kappa shape index (κ1) is 8.78. The van der Waals surface area contributed by atoms with Crippen LogP contribution in [-0.2, 0) is 15.1 Å². The molecule has 1 unspecified atom stereocenters. The van der Waals surface area contributed by atoms with Crippen LogP contribution in [0.5, 0.6) is 0 Å². The molecule has 0 N–H and O–H groups in total. The number of hydrogen-bond acceptors (Lipinski definition) is 3. The van der Waals surface area contributed by atoms with Crippen molar-refractivity contribution in [2.75, 3.05) is 0 Å². The Hall–Kier alpha value is -0.800. The van der Waals surface area contributed by atoms with Crippen LogP contribution in [0.2, 0.25) is 4.34 Å². The molecule has 0 spiro atoms. The summed E-state index contributed by atoms with van der Waals surface area (Å²) in [5.41, 5.74) is -0.0404. The van der Waals surface area contributed by atoms with Gasteiger partial charge in [-0.3, -0.25) is 4.79 Å². The fourth-order valence-corrected chi connectivity index (χ4v) is 2.20. The molecule has 2 nitrogen and oxygen atoms in total. The van der Waals surface area contributed by atoms with Gasteiger partial charge >= 0.3 is 0 Å². The fourth-order valence-electron chi connectivity index (χ4n) is 1.22. The Bertz CT molecular complexity index is 383. The van der Waals surface area contributed by atoms with Gasteiger partial charge in [-0.15, -0.1) is 11.3 Å². The summed E-state index contributed by atoms with van der Waals surface area (Å²) in [7, 11) is 0. The van der Waals surface area contributed by atoms with Crippen LogP contribution in [0.1, 0.15) is 12.5 Å². The predicted octanol–water partition coefficient (Wildman–Crippen LogP) is 2.73. The van der Waals surface area contributed by atoms with Crippen molar-refractivity contribution in [2.24, 2.45) is 0 Å². The normalized spacial score (nSPS) is 26.5. The molecule has 4 heteroatoms. The van der Waals surface area contributed by atoms with Crippen LogP contribution < -0.4 is 0 Å². The molecule has 13 heavy (non-hydrogen) atoms. The Morgan fingerprint density at radius 3 is 2.85 bits per heavy atom. The van der Waals surface area contributed by atoms with E-state index in [1.807, 2.05) is 5.38 Å². The highest BCUT2D eigenvalue weighted by Crippen LogP contribution is 2.35. The zero-order valence-corrected chi connectivity index (χ0v) is 8.48. The highest BCUT2D eigenvalue weighted by atomic mass is 35.5. The molecule has 1 aromatic rings. The van der Waals surface area contributed by atoms with E-state index in [-0.39, 0.29) is 5.78 Å². The van der Waals surface area contributed by atoms with E-state index >= 15 is 0 Å². The second kappa shape index (κ2) is 2.86. The molecule has 0 aliphatic carbocycles. The minimum Gasteiger partial charge on any atom is -0.482 e. The second-order valence-corrected chi connectivity index (χ2v) is 4.50. The minimum absolute atomic E-state index is 0.0398. The molecular weight excluding hydrogens is 208 g/mol. The highest BCUT2D eigenvalue weighted by molar-refractivity contribution is 7.14. The lowest BCUT2D eigenvalue weighted by atomic mass is 9.95. The van der Waals surface area contributed by atoms with E-state index in [4.69, 9.17) is 16.3 Å². The molecule has 1 aliphatic rings. The molecule has 0 saturated carbocycles. The molecule has 1 aromatic heterocycles. The van der Waals surface area contributed by atoms with E-state index in [1.54, 1.807) is 13.0 Å². The minimum atomic E-state index is -0.857. The van der Waals surface area contributed by atoms with E-state index in [0.717, 1.165) is 5.56 Å². The van der Waals surface area contributed by atoms with Crippen molar-refractivity contribution in [2.45, 2.75) is 12.5 Å². The molecule has 0 amide bonds. The van der Waals surface area contributed by atoms with Crippen LogP contribution in [0.3, 0.4) is 0 Å². The number of carbonyl (C=O) groups excluding carboxylic acids is 1. The van der Waals surface area contributed by atoms with Gasteiger partial charge in [0.15, 0.2) is 5.60 Å². The van der Waals surface area contributed by atoms with Gasteiger partial charge in [-0.05, 0) is 18.4 Å². The van der Waals surface area contributed by atoms with Crippen LogP contribution in [-0.4, -0.2) is 5.78 Å². The highest BCUT2D eigenvalue weighted by Gasteiger charge is 2.38. The van der Waals surface area contributed by atoms with Crippen LogP contribution in [0.25, 0.3) is 0 Å². The number of thiophene rings is 1. The maximum atomic E-state index is 11.5. The average Bonchev–Trinajstić information content (AvgIpc) is 2.62. The fraction of sp³-hybridized carbons (Fsp3) is 0.222. The first-order valence-corrected chi connectivity index (χ1v) is 5.02. The van der Waals surface area contributed by atoms with E-state index in [0.29, 0.717) is 4.34 Å². The average molecular weight is 215 g/mol. The maximum absolute atomic E-state index is 11.5. The second-order valence-electron chi connectivity index (χ2n) is 2.96. The summed E-state index contributed by atoms with van der Waals surface area (Å²) in [5, 5.41) is 1.84. The molecule has 68 valence electrons. The van der Waals surface area contributed by atoms with Gasteiger partial charge < -0.3 is 4.74 Å². The third kappa shape index (κ3) is 1.28. The van der Waals surface area contributed by atoms with Gasteiger partial charge in [-0.2, -0.15) is 0 Å². The third-order valence-electron chi connectivity index (χ3n) is 2.11. The number of ether oxygens (including phenoxy) is 1. The standard InChI is InChI=1S/C9H7ClO2S/c1-9(7(11)2-3-12-9)6-4-8(10)13-5-6/h2-5H,1H3. The summed E-state index contributed by atoms with van der Waals surface area (Å²) >= 11 is 7.18. The zero-order valence-electron chi connectivity index (χ0n) is 6.91. The zero-order chi connectivity index (χ0) is 9.47. The quantitative estimate of drug-likeness (QED) is 0.719. The summed E-state index contributed by atoms with van der Waals surface area (Å²) in [6.45, 7) is 1.74. The molecule has 2 heterocycles. The third-order valence-corrected chi connectivity index (χ3v) is 3.20. The Labute approximate surface area is 84.8 Å². The Morgan fingerprint density at radius 2 is 2.38 bits per heavy atom. The number of ketones is 1. The first-order chi connectivity index (χ1) is 6.13. The molecule has 0 aromatic carbocycles. The Morgan fingerprint density at radius 1 is 1.62 bits per heavy atom. The van der Waals surface area contributed by atoms with Crippen LogP contribution in [0.15, 0.2) is 23.8 Å². The predicted molar refractivity (Wildman–Crippen MR) is 51.9 cm³/mol. The van der Waals surface area contributed by atoms with Gasteiger partial charge in [0.1, 0.15) is 0 Å². The molecule has 1 atom stereocenters. The van der Waals surface area contributed by atoms with Crippen molar-refractivity contribution >= 4 is 28.7 Å². The van der Waals surface area contributed by atoms with Gasteiger partial charge in [0, 0.05) is 11.6 Å². The summed E-state index contributed by atoms with van der Waals surface area (Å²) in [6, 6.07) is 1.76. The number of rotatable bonds is 1. The lowest BCUT2D eigenvalue weighted by molar-refractivity contribution is -0.128. The molecule has 0 bridgehead atoms. The van der Waals surface area contributed by atoms with Crippen molar-refractivity contribution in [3.63, 3.8) is 0 Å². The smallest absolute Gasteiger partial charge is 0.206 e. The summed E-state index contributed by atoms with van der Waals surface area (Å²) in [5.74, 6) is -0.0398. The van der Waals surface area contributed by atoms with E-state index < -0.39 is 5.60 Å². The van der Waals surface area contributed by atoms with Crippen molar-refractivity contribution in [3.8, 4) is 0 Å². The lowest BCUT2D eigenvalue weighted by Crippen LogP contribution is -2.28. The van der Waals surface area contributed by atoms with Crippen LogP contribution >= 0.6 is 22.9 Å². The summed E-state index contributed by atoms with van der Waals surface area (Å²) in [6.07, 6.45) is 2.86. The molecule has 2 rings (SSSR count). The van der Waals surface area contributed by atoms with Crippen molar-refractivity contribution in [1.29, 1.82) is 0 Å². The first-order valence-electron chi connectivity index (χ1n) is 3.76. The van der Waals surface area contributed by atoms with E-state index in [2.05, 4.69) is 0 Å². The molecule has 0 radical (unpaired) electrons. The molecule has 0 fully saturated rings. The van der Waals surface area contributed by atoms with Gasteiger partial charge in [-0.25, -0.2) is 0 Å². The monoisotopic (exact) mass is 214 g/mol. The van der Waals surface area contributed by atoms with Crippen LogP contribution in [0, 0.1) is 0 Å². The molecular formula is C9H7ClO2S. The molecule has 0 saturated heterocycles. The largest absolute Gasteiger partial charge is 0.482 e. The van der Waals surface area contributed by atoms with Gasteiger partial charge in [0.05, 0.1) is 10.6 Å². The van der Waals surface area contributed by atoms with E-state index in [9.17, 15) is 4.79 Å². The SMILES string of the molecule is CC1(c2csc(Cl)c2)OC=CC1=O. The van der Waals surface area contributed by atoms with Gasteiger partial charge in [0.2, 0.25) is 5.78 Å². The lowest BCUT2D eigenvalue weighted by Gasteiger charge is -2.20. The Balaban J connectivity index is 2.41. The number of hydrogen-bond donors (Lipinski definition) is 0. The van der Waals surface area contributed by atoms with E-state index in [1.165, 1.54) is 23.7 Å². The maximum Gasteiger partial charge on any atom is 0.206 e. The van der Waals surface area contributed by atoms with Crippen molar-refractivity contribution < 1.29 is 9.53 Å². The summed E-state index contributed by atoms with van der Waals surface area (Å²) < 4.78 is 5.94. The topological polar surface area (TPSA) is 26.3 Å². The van der Waals surface area contributed by atoms with Gasteiger partial charge in [-0.1, -0.05) is 11.6 Å². The number of halogens is 1. The number of carbonyl (C=O) groups is 1. The van der Waals surface area contributed by atoms with Crippen molar-refractivity contribution in [1.82, 2.24) is 0 Å². The molecule has 1 aliphatic heterocycles. The van der Waals surface area contributed by atoms with Crippen LogP contribution in [0.4, 0.5) is 0 Å². The van der Waals surface area contributed by atoms with Gasteiger partial charge in [0.25, 0.3) is 0 Å². The van der Waals surface area contributed by atoms with Crippen molar-refractivity contribution in [3.05, 3.63) is 33.7 Å². The Kier molecular flexibility index (Phi) is 1.93.